The molecular formula is C82H38N14+6. The van der Waals surface area contributed by atoms with Gasteiger partial charge < -0.3 is 9.97 Å². The number of rotatable bonds is 0. The van der Waals surface area contributed by atoms with Crippen LogP contribution in [-0.2, 0) is 37.0 Å². The van der Waals surface area contributed by atoms with E-state index in [1.54, 1.807) is 0 Å². The molecule has 12 aliphatic heterocycles. The molecule has 2 N–H and O–H groups in total. The number of aromatic amines is 2. The predicted molar refractivity (Wildman–Crippen MR) is 363 cm³/mol. The lowest BCUT2D eigenvalue weighted by Gasteiger charge is -2.38. The number of nitrogens with one attached hydrogen (secondary N) is 2. The number of hydrogen-bond donors (Lipinski definition) is 2. The van der Waals surface area contributed by atoms with E-state index in [2.05, 4.69) is 247 Å². The summed E-state index contributed by atoms with van der Waals surface area (Å²) in [5.74, 6) is -2.45. The molecule has 14 aromatic heterocycles. The van der Waals surface area contributed by atoms with Gasteiger partial charge in [0.2, 0.25) is 34.2 Å². The van der Waals surface area contributed by atoms with Crippen LogP contribution in [0.25, 0.3) is 220 Å². The first-order valence-corrected chi connectivity index (χ1v) is 34.1. The van der Waals surface area contributed by atoms with Gasteiger partial charge in [-0.3, -0.25) is 0 Å². The lowest BCUT2D eigenvalue weighted by Crippen LogP contribution is -2.81. The quantitative estimate of drug-likeness (QED) is 0.112. The summed E-state index contributed by atoms with van der Waals surface area (Å²) in [4.78, 5) is 7.29. The van der Waals surface area contributed by atoms with E-state index in [-0.39, 0.29) is 0 Å². The Morgan fingerprint density at radius 1 is 0.240 bits per heavy atom. The highest BCUT2D eigenvalue weighted by Gasteiger charge is 2.77. The molecule has 26 heterocycles. The molecule has 21 aromatic rings. The fourth-order valence-electron chi connectivity index (χ4n) is 24.4. The van der Waals surface area contributed by atoms with Gasteiger partial charge in [0.1, 0.15) is 0 Å². The van der Waals surface area contributed by atoms with Crippen molar-refractivity contribution < 1.29 is 27.4 Å². The van der Waals surface area contributed by atoms with Gasteiger partial charge in [-0.2, -0.15) is 0 Å². The van der Waals surface area contributed by atoms with Gasteiger partial charge in [0, 0.05) is 156 Å². The Morgan fingerprint density at radius 3 is 0.760 bits per heavy atom. The molecule has 0 bridgehead atoms. The maximum absolute atomic E-state index is 3.65. The number of aromatic nitrogens is 14. The predicted octanol–water partition coefficient (Wildman–Crippen LogP) is 12.2. The van der Waals surface area contributed by atoms with E-state index in [1.165, 1.54) is 254 Å². The van der Waals surface area contributed by atoms with Gasteiger partial charge in [-0.25, -0.2) is 27.4 Å². The first kappa shape index (κ1) is 42.5. The van der Waals surface area contributed by atoms with E-state index in [1.807, 2.05) is 0 Å². The molecule has 0 aliphatic carbocycles. The summed E-state index contributed by atoms with van der Waals surface area (Å²) in [6.07, 6.45) is 6.64. The van der Waals surface area contributed by atoms with Gasteiger partial charge in [-0.1, -0.05) is 27.4 Å². The summed E-state index contributed by atoms with van der Waals surface area (Å²) >= 11 is 0. The molecule has 14 heteroatoms. The van der Waals surface area contributed by atoms with Crippen LogP contribution in [0.5, 0.6) is 0 Å². The second-order valence-electron chi connectivity index (χ2n) is 30.1. The Bertz CT molecular complexity index is 7720. The molecule has 0 saturated heterocycles. The van der Waals surface area contributed by atoms with Gasteiger partial charge in [-0.05, 0) is 133 Å². The molecule has 14 nitrogen and oxygen atoms in total. The number of pyridine rings is 6. The van der Waals surface area contributed by atoms with Crippen molar-refractivity contribution in [2.75, 3.05) is 0 Å². The molecular weight excluding hydrogens is 1180 g/mol. The van der Waals surface area contributed by atoms with E-state index in [4.69, 9.17) is 0 Å². The second-order valence-corrected chi connectivity index (χ2v) is 30.1. The van der Waals surface area contributed by atoms with Gasteiger partial charge in [-0.15, -0.1) is 0 Å². The molecule has 430 valence electrons. The van der Waals surface area contributed by atoms with Crippen LogP contribution in [0.4, 0.5) is 0 Å². The Kier molecular flexibility index (Phi) is 5.24. The average molecular weight is 1220 g/mol. The normalized spacial score (nSPS) is 20.3. The summed E-state index contributed by atoms with van der Waals surface area (Å²) in [6, 6.07) is 68.9. The lowest BCUT2D eigenvalue weighted by molar-refractivity contribution is -0.965. The van der Waals surface area contributed by atoms with Crippen molar-refractivity contribution in [3.63, 3.8) is 0 Å². The molecule has 7 aromatic carbocycles. The van der Waals surface area contributed by atoms with E-state index in [0.717, 1.165) is 19.3 Å². The number of fused-ring (bicyclic) bond motifs is 14. The highest BCUT2D eigenvalue weighted by molar-refractivity contribution is 6.25. The van der Waals surface area contributed by atoms with Crippen LogP contribution in [0.1, 0.15) is 34.2 Å². The van der Waals surface area contributed by atoms with Gasteiger partial charge in [0.15, 0.2) is 0 Å². The van der Waals surface area contributed by atoms with E-state index < -0.39 is 17.7 Å². The highest BCUT2D eigenvalue weighted by Crippen LogP contribution is 2.62. The maximum atomic E-state index is 3.65. The zero-order chi connectivity index (χ0) is 59.7. The highest BCUT2D eigenvalue weighted by atomic mass is 15.6. The van der Waals surface area contributed by atoms with E-state index in [0.29, 0.717) is 0 Å². The van der Waals surface area contributed by atoms with E-state index in [9.17, 15) is 0 Å². The van der Waals surface area contributed by atoms with Crippen molar-refractivity contribution in [2.45, 2.75) is 37.0 Å². The molecule has 2 unspecified atom stereocenters. The summed E-state index contributed by atoms with van der Waals surface area (Å²) in [5.41, 5.74) is 41.7. The first-order chi connectivity index (χ1) is 47.6. The number of hydrogen-bond acceptors (Lipinski definition) is 0. The molecule has 0 fully saturated rings. The Balaban J connectivity index is 0.752. The molecule has 0 radical (unpaired) electrons. The average Bonchev–Trinajstić information content (AvgIpc) is 1.44. The van der Waals surface area contributed by atoms with E-state index >= 15 is 0 Å². The minimum Gasteiger partial charge on any atom is -0.361 e. The third-order valence-corrected chi connectivity index (χ3v) is 26.9. The monoisotopic (exact) mass is 1220 g/mol. The van der Waals surface area contributed by atoms with Crippen LogP contribution < -0.4 is 27.4 Å². The van der Waals surface area contributed by atoms with Crippen LogP contribution in [0, 0.1) is 0 Å². The van der Waals surface area contributed by atoms with Crippen molar-refractivity contribution in [1.82, 2.24) is 37.4 Å². The maximum Gasteiger partial charge on any atom is 0.553 e. The van der Waals surface area contributed by atoms with Crippen molar-refractivity contribution in [2.24, 2.45) is 0 Å². The molecule has 96 heavy (non-hydrogen) atoms. The summed E-state index contributed by atoms with van der Waals surface area (Å²) < 4.78 is 33.9. The standard InChI is InChI=1S/C82H36N14/c1-3-36-9-15-58-64-52-32-46-29-47-33-53-65-59-16-10-37-4-2-35-8-14-57-63-49-20-22-84-55(49)26-41-24-43-28-45-31-51(77(65)88(45)81(86(43)69(41)63)92(57)71(35)73(37)94(59)81)67-61-18-12-39-6-5-38-11-17-60-66(78(52)89(46)82(90(47)79(53)67)95(60)74(38)75(39)96(61)82)50-30-44-27-42-23-40-25-54-48(19-21-83-54)62-56-13-7-34(1)70-72(36)93(58)80(91(56)70,85(42)68(40)62)87(44)76(50)64/h1-26,30-33H,27-29H2/q+4/p+2. The first-order valence-electron chi connectivity index (χ1n) is 34.1. The fourth-order valence-corrected chi connectivity index (χ4v) is 24.4. The fraction of sp³-hybridized carbons (Fsp3) is 0.0732. The molecule has 3 spiro atoms. The smallest absolute Gasteiger partial charge is 0.361 e. The van der Waals surface area contributed by atoms with Crippen molar-refractivity contribution in [3.8, 4) is 67.5 Å². The Hall–Kier alpha value is -12.7. The van der Waals surface area contributed by atoms with Crippen molar-refractivity contribution in [3.05, 3.63) is 216 Å². The van der Waals surface area contributed by atoms with Gasteiger partial charge in [0.25, 0.3) is 33.1 Å². The molecule has 33 rings (SSSR count). The molecule has 2 atom stereocenters. The minimum atomic E-state index is -0.882. The summed E-state index contributed by atoms with van der Waals surface area (Å²) in [6.45, 7) is 0. The van der Waals surface area contributed by atoms with Crippen LogP contribution >= 0.6 is 0 Å². The lowest BCUT2D eigenvalue weighted by atomic mass is 9.91. The Labute approximate surface area is 535 Å². The minimum absolute atomic E-state index is 0.770. The molecule has 0 amide bonds. The van der Waals surface area contributed by atoms with Crippen LogP contribution in [0.3, 0.4) is 0 Å². The Morgan fingerprint density at radius 2 is 0.479 bits per heavy atom. The van der Waals surface area contributed by atoms with Crippen LogP contribution in [-0.4, -0.2) is 37.4 Å². The SMILES string of the molecule is c1cc2c3c4c(cc5n4C46n7c(cc8c9c%10c(cc%11n%10C%10%12n%13c(cc%14c%15c%16c(cc%17n%16C%16%18n%19c(cc%20cc%21[nH]ccc%21c(c%20%19)-c%19ccc%20ccc%21ccc-%15[n+]%16c%21c%20[n+]%19%18)C%17)c(c%14%13)-c%13ccc%14ccc%15ccc-9[n+]%10c%15c%14[n+]%13%12)C%11)c(c87)-c7ccc8ccc9ccc-3[n+]4c9c8[n+]76)C5)cc2[nH]1. The van der Waals surface area contributed by atoms with Crippen molar-refractivity contribution in [1.29, 1.82) is 0 Å². The largest absolute Gasteiger partial charge is 0.553 e. The van der Waals surface area contributed by atoms with Gasteiger partial charge in [0.05, 0.1) is 98.8 Å². The number of benzene rings is 7. The van der Waals surface area contributed by atoms with Crippen LogP contribution in [0.2, 0.25) is 0 Å². The number of H-pyrrole nitrogens is 2. The summed E-state index contributed by atoms with van der Waals surface area (Å²) in [7, 11) is 0. The van der Waals surface area contributed by atoms with Gasteiger partial charge >= 0.3 is 17.7 Å². The zero-order valence-corrected chi connectivity index (χ0v) is 50.3. The third-order valence-electron chi connectivity index (χ3n) is 26.9. The topological polar surface area (TPSA) is 84.4 Å². The second kappa shape index (κ2) is 11.9. The molecule has 12 aliphatic rings. The van der Waals surface area contributed by atoms with Crippen molar-refractivity contribution >= 4 is 153 Å². The third kappa shape index (κ3) is 3.34. The van der Waals surface area contributed by atoms with Crippen LogP contribution in [0.15, 0.2) is 182 Å². The molecule has 0 saturated carbocycles. The summed E-state index contributed by atoms with van der Waals surface area (Å²) in [5, 5.41) is 18.0. The number of nitrogens with zero attached hydrogens (tertiary/aromatic N) is 12. The zero-order valence-electron chi connectivity index (χ0n) is 50.3.